The molecule has 0 aliphatic carbocycles. The van der Waals surface area contributed by atoms with Crippen LogP contribution in [-0.2, 0) is 16.1 Å². The van der Waals surface area contributed by atoms with E-state index in [0.717, 1.165) is 10.5 Å². The van der Waals surface area contributed by atoms with E-state index in [0.29, 0.717) is 22.3 Å². The summed E-state index contributed by atoms with van der Waals surface area (Å²) in [6.07, 6.45) is 0.249. The number of urea groups is 1. The molecule has 11 heteroatoms. The van der Waals surface area contributed by atoms with E-state index in [4.69, 9.17) is 21.1 Å². The standard InChI is InChI=1S/C26H26ClN5O5/c1-17(23(33)36-2)15-32-25(34)30-24(31(26(32)35)16-18-6-8-19(27)9-7-18)29-20-10-12-21(13-11-20)37-22-5-3-4-14-28-22/h3-14,17,26,35H,15-16H2,1-2H3,(H,29,30,34)/t17-,26?/m0/s1. The highest BCUT2D eigenvalue weighted by Crippen LogP contribution is 2.25. The van der Waals surface area contributed by atoms with Crippen LogP contribution in [0.15, 0.2) is 77.9 Å². The Kier molecular flexibility index (Phi) is 8.22. The molecule has 2 aromatic carbocycles. The summed E-state index contributed by atoms with van der Waals surface area (Å²) in [7, 11) is 1.27. The van der Waals surface area contributed by atoms with Gasteiger partial charge in [-0.15, -0.1) is 0 Å². The number of aliphatic hydroxyl groups is 1. The predicted molar refractivity (Wildman–Crippen MR) is 137 cm³/mol. The van der Waals surface area contributed by atoms with E-state index < -0.39 is 24.3 Å². The van der Waals surface area contributed by atoms with Crippen LogP contribution in [0.5, 0.6) is 11.6 Å². The Morgan fingerprint density at radius 3 is 2.51 bits per heavy atom. The minimum Gasteiger partial charge on any atom is -0.469 e. The number of nitrogens with one attached hydrogen (secondary N) is 1. The van der Waals surface area contributed by atoms with Crippen molar-refractivity contribution in [3.8, 4) is 11.6 Å². The fraction of sp³-hybridized carbons (Fsp3) is 0.231. The minimum atomic E-state index is -1.39. The molecule has 1 fully saturated rings. The second-order valence-corrected chi connectivity index (χ2v) is 8.74. The molecule has 1 aromatic heterocycles. The Labute approximate surface area is 219 Å². The average molecular weight is 524 g/mol. The number of pyridine rings is 1. The number of aromatic nitrogens is 1. The molecule has 2 N–H and O–H groups in total. The van der Waals surface area contributed by atoms with Gasteiger partial charge in [-0.05, 0) is 48.0 Å². The lowest BCUT2D eigenvalue weighted by atomic mass is 10.1. The second kappa shape index (κ2) is 11.7. The summed E-state index contributed by atoms with van der Waals surface area (Å²) in [5, 5.41) is 14.5. The van der Waals surface area contributed by atoms with Crippen molar-refractivity contribution in [1.29, 1.82) is 0 Å². The number of amides is 2. The molecular weight excluding hydrogens is 498 g/mol. The molecule has 1 aliphatic heterocycles. The van der Waals surface area contributed by atoms with E-state index in [1.807, 2.05) is 18.2 Å². The van der Waals surface area contributed by atoms with E-state index in [2.05, 4.69) is 15.3 Å². The second-order valence-electron chi connectivity index (χ2n) is 8.31. The number of carbonyl (C=O) groups excluding carboxylic acids is 2. The van der Waals surface area contributed by atoms with Crippen LogP contribution in [0.1, 0.15) is 12.5 Å². The van der Waals surface area contributed by atoms with E-state index in [9.17, 15) is 14.7 Å². The highest BCUT2D eigenvalue weighted by Gasteiger charge is 2.38. The van der Waals surface area contributed by atoms with Gasteiger partial charge >= 0.3 is 12.0 Å². The highest BCUT2D eigenvalue weighted by atomic mass is 35.5. The molecule has 4 rings (SSSR count). The SMILES string of the molecule is COC(=O)[C@@H](C)CN1C(=O)N/C(=N\c2ccc(Oc3ccccn3)cc2)N(Cc2ccc(Cl)cc2)C1O. The molecule has 2 heterocycles. The van der Waals surface area contributed by atoms with Gasteiger partial charge in [-0.3, -0.25) is 19.9 Å². The Morgan fingerprint density at radius 2 is 1.86 bits per heavy atom. The third-order valence-corrected chi connectivity index (χ3v) is 5.83. The summed E-state index contributed by atoms with van der Waals surface area (Å²) in [6, 6.07) is 18.8. The lowest BCUT2D eigenvalue weighted by Gasteiger charge is -2.42. The Bertz CT molecular complexity index is 1250. The molecule has 1 aliphatic rings. The normalized spacial score (nSPS) is 17.4. The molecular formula is C26H26ClN5O5. The first-order valence-corrected chi connectivity index (χ1v) is 11.8. The fourth-order valence-electron chi connectivity index (χ4n) is 3.64. The number of rotatable bonds is 8. The molecule has 1 saturated heterocycles. The smallest absolute Gasteiger partial charge is 0.327 e. The molecule has 2 amide bonds. The summed E-state index contributed by atoms with van der Waals surface area (Å²) in [6.45, 7) is 1.78. The van der Waals surface area contributed by atoms with Gasteiger partial charge in [0.1, 0.15) is 5.75 Å². The molecule has 3 aromatic rings. The molecule has 37 heavy (non-hydrogen) atoms. The topological polar surface area (TPSA) is 117 Å². The number of guanidine groups is 1. The van der Waals surface area contributed by atoms with Gasteiger partial charge in [0.2, 0.25) is 18.2 Å². The number of esters is 1. The molecule has 0 saturated carbocycles. The number of carbonyl (C=O) groups is 2. The number of nitrogens with zero attached hydrogens (tertiary/aromatic N) is 4. The maximum absolute atomic E-state index is 12.9. The van der Waals surface area contributed by atoms with Crippen LogP contribution >= 0.6 is 11.6 Å². The van der Waals surface area contributed by atoms with E-state index >= 15 is 0 Å². The van der Waals surface area contributed by atoms with E-state index in [-0.39, 0.29) is 19.0 Å². The number of benzene rings is 2. The first-order chi connectivity index (χ1) is 17.8. The number of hydrogen-bond donors (Lipinski definition) is 2. The van der Waals surface area contributed by atoms with Crippen LogP contribution in [0.4, 0.5) is 10.5 Å². The predicted octanol–water partition coefficient (Wildman–Crippen LogP) is 4.13. The Balaban J connectivity index is 1.59. The number of hydrogen-bond acceptors (Lipinski definition) is 7. The number of methoxy groups -OCH3 is 1. The maximum atomic E-state index is 12.9. The number of aliphatic imine (C=N–C) groups is 1. The molecule has 0 radical (unpaired) electrons. The number of aliphatic hydroxyl groups excluding tert-OH is 1. The Hall–Kier alpha value is -4.15. The van der Waals surface area contributed by atoms with Gasteiger partial charge in [-0.1, -0.05) is 36.7 Å². The van der Waals surface area contributed by atoms with E-state index in [1.54, 1.807) is 61.7 Å². The summed E-state index contributed by atoms with van der Waals surface area (Å²) < 4.78 is 10.5. The summed E-state index contributed by atoms with van der Waals surface area (Å²) in [5.41, 5.74) is 1.35. The van der Waals surface area contributed by atoms with Crippen molar-refractivity contribution in [3.05, 3.63) is 83.5 Å². The summed E-state index contributed by atoms with van der Waals surface area (Å²) in [5.74, 6) is 0.0356. The van der Waals surface area contributed by atoms with Crippen LogP contribution < -0.4 is 10.1 Å². The quantitative estimate of drug-likeness (QED) is 0.426. The van der Waals surface area contributed by atoms with Crippen molar-refractivity contribution >= 4 is 35.2 Å². The largest absolute Gasteiger partial charge is 0.469 e. The molecule has 192 valence electrons. The van der Waals surface area contributed by atoms with Crippen molar-refractivity contribution in [1.82, 2.24) is 20.1 Å². The van der Waals surface area contributed by atoms with Gasteiger partial charge in [0.15, 0.2) is 0 Å². The van der Waals surface area contributed by atoms with Crippen LogP contribution in [-0.4, -0.2) is 57.9 Å². The fourth-order valence-corrected chi connectivity index (χ4v) is 3.77. The highest BCUT2D eigenvalue weighted by molar-refractivity contribution is 6.30. The van der Waals surface area contributed by atoms with Crippen molar-refractivity contribution in [2.24, 2.45) is 10.9 Å². The van der Waals surface area contributed by atoms with Crippen molar-refractivity contribution in [2.45, 2.75) is 19.8 Å². The molecule has 0 bridgehead atoms. The average Bonchev–Trinajstić information content (AvgIpc) is 2.91. The number of ether oxygens (including phenoxy) is 2. The van der Waals surface area contributed by atoms with Crippen molar-refractivity contribution < 1.29 is 24.2 Å². The number of halogens is 1. The van der Waals surface area contributed by atoms with Crippen molar-refractivity contribution in [2.75, 3.05) is 13.7 Å². The zero-order valence-corrected chi connectivity index (χ0v) is 21.0. The van der Waals surface area contributed by atoms with Crippen molar-refractivity contribution in [3.63, 3.8) is 0 Å². The lowest BCUT2D eigenvalue weighted by molar-refractivity contribution is -0.147. The van der Waals surface area contributed by atoms with Gasteiger partial charge < -0.3 is 14.6 Å². The van der Waals surface area contributed by atoms with Crippen LogP contribution in [0.2, 0.25) is 5.02 Å². The van der Waals surface area contributed by atoms with Gasteiger partial charge in [-0.25, -0.2) is 14.8 Å². The van der Waals surface area contributed by atoms with E-state index in [1.165, 1.54) is 12.0 Å². The van der Waals surface area contributed by atoms with Crippen LogP contribution in [0, 0.1) is 5.92 Å². The third kappa shape index (κ3) is 6.54. The minimum absolute atomic E-state index is 0.0520. The van der Waals surface area contributed by atoms with Gasteiger partial charge in [-0.2, -0.15) is 0 Å². The first kappa shape index (κ1) is 25.9. The molecule has 0 spiro atoms. The third-order valence-electron chi connectivity index (χ3n) is 5.58. The zero-order valence-electron chi connectivity index (χ0n) is 20.2. The first-order valence-electron chi connectivity index (χ1n) is 11.5. The zero-order chi connectivity index (χ0) is 26.4. The molecule has 2 atom stereocenters. The monoisotopic (exact) mass is 523 g/mol. The lowest BCUT2D eigenvalue weighted by Crippen LogP contribution is -2.66. The van der Waals surface area contributed by atoms with Gasteiger partial charge in [0, 0.05) is 23.8 Å². The van der Waals surface area contributed by atoms with Crippen LogP contribution in [0.3, 0.4) is 0 Å². The molecule has 10 nitrogen and oxygen atoms in total. The summed E-state index contributed by atoms with van der Waals surface area (Å²) >= 11 is 6.02. The van der Waals surface area contributed by atoms with Gasteiger partial charge in [0.25, 0.3) is 0 Å². The van der Waals surface area contributed by atoms with Crippen LogP contribution in [0.25, 0.3) is 0 Å². The maximum Gasteiger partial charge on any atom is 0.327 e. The van der Waals surface area contributed by atoms with Gasteiger partial charge in [0.05, 0.1) is 25.3 Å². The molecule has 1 unspecified atom stereocenters. The Morgan fingerprint density at radius 1 is 1.14 bits per heavy atom. The summed E-state index contributed by atoms with van der Waals surface area (Å²) in [4.78, 5) is 36.2.